The zero-order valence-corrected chi connectivity index (χ0v) is 11.7. The summed E-state index contributed by atoms with van der Waals surface area (Å²) in [4.78, 5) is 0. The zero-order valence-electron chi connectivity index (χ0n) is 10.9. The van der Waals surface area contributed by atoms with E-state index in [0.717, 1.165) is 17.1 Å². The highest BCUT2D eigenvalue weighted by molar-refractivity contribution is 7.80. The van der Waals surface area contributed by atoms with E-state index in [0.29, 0.717) is 11.7 Å². The lowest BCUT2D eigenvalue weighted by atomic mass is 10.3. The second-order valence-electron chi connectivity index (χ2n) is 3.95. The lowest BCUT2D eigenvalue weighted by Crippen LogP contribution is -2.28. The predicted molar refractivity (Wildman–Crippen MR) is 79.3 cm³/mol. The van der Waals surface area contributed by atoms with Gasteiger partial charge in [-0.1, -0.05) is 12.1 Å². The van der Waals surface area contributed by atoms with Crippen LogP contribution in [0.3, 0.4) is 0 Å². The summed E-state index contributed by atoms with van der Waals surface area (Å²) in [5, 5.41) is 10.9. The standard InChI is InChI=1S/C13H16N4OS/c1-17-10(7-8-15-17)9-14-13(19)16-11-5-3-4-6-12(11)18-2/h3-8H,9H2,1-2H3,(H2,14,16,19). The molecule has 2 N–H and O–H groups in total. The molecule has 2 aromatic rings. The Kier molecular flexibility index (Phi) is 4.35. The van der Waals surface area contributed by atoms with E-state index in [1.54, 1.807) is 18.0 Å². The Morgan fingerprint density at radius 2 is 2.16 bits per heavy atom. The summed E-state index contributed by atoms with van der Waals surface area (Å²) in [6, 6.07) is 9.58. The van der Waals surface area contributed by atoms with Crippen LogP contribution in [-0.4, -0.2) is 22.0 Å². The van der Waals surface area contributed by atoms with Crippen LogP contribution in [0.5, 0.6) is 5.75 Å². The fourth-order valence-corrected chi connectivity index (χ4v) is 1.84. The third kappa shape index (κ3) is 3.45. The molecular weight excluding hydrogens is 260 g/mol. The molecular formula is C13H16N4OS. The number of benzene rings is 1. The van der Waals surface area contributed by atoms with E-state index in [1.807, 2.05) is 37.4 Å². The van der Waals surface area contributed by atoms with Crippen molar-refractivity contribution in [3.05, 3.63) is 42.2 Å². The second-order valence-corrected chi connectivity index (χ2v) is 4.36. The van der Waals surface area contributed by atoms with Crippen molar-refractivity contribution in [1.82, 2.24) is 15.1 Å². The van der Waals surface area contributed by atoms with Crippen molar-refractivity contribution in [3.63, 3.8) is 0 Å². The van der Waals surface area contributed by atoms with Crippen molar-refractivity contribution < 1.29 is 4.74 Å². The molecule has 100 valence electrons. The third-order valence-electron chi connectivity index (χ3n) is 2.71. The highest BCUT2D eigenvalue weighted by atomic mass is 32.1. The Labute approximate surface area is 117 Å². The number of ether oxygens (including phenoxy) is 1. The van der Waals surface area contributed by atoms with Crippen molar-refractivity contribution in [2.75, 3.05) is 12.4 Å². The second kappa shape index (κ2) is 6.19. The van der Waals surface area contributed by atoms with Crippen LogP contribution in [0.15, 0.2) is 36.5 Å². The molecule has 0 atom stereocenters. The van der Waals surface area contributed by atoms with Crippen LogP contribution in [0.25, 0.3) is 0 Å². The molecule has 0 bridgehead atoms. The number of para-hydroxylation sites is 2. The molecule has 6 heteroatoms. The number of hydrogen-bond acceptors (Lipinski definition) is 3. The Balaban J connectivity index is 1.93. The minimum absolute atomic E-state index is 0.547. The maximum atomic E-state index is 5.25. The molecule has 0 aliphatic rings. The number of anilines is 1. The number of nitrogens with zero attached hydrogens (tertiary/aromatic N) is 2. The van der Waals surface area contributed by atoms with Crippen molar-refractivity contribution in [1.29, 1.82) is 0 Å². The number of aromatic nitrogens is 2. The van der Waals surface area contributed by atoms with Gasteiger partial charge in [-0.15, -0.1) is 0 Å². The van der Waals surface area contributed by atoms with Gasteiger partial charge in [-0.25, -0.2) is 0 Å². The molecule has 1 aromatic carbocycles. The number of hydrogen-bond donors (Lipinski definition) is 2. The average Bonchev–Trinajstić information content (AvgIpc) is 2.82. The van der Waals surface area contributed by atoms with E-state index < -0.39 is 0 Å². The predicted octanol–water partition coefficient (Wildman–Crippen LogP) is 1.92. The summed E-state index contributed by atoms with van der Waals surface area (Å²) in [5.41, 5.74) is 1.90. The quantitative estimate of drug-likeness (QED) is 0.836. The minimum atomic E-state index is 0.547. The van der Waals surface area contributed by atoms with Crippen LogP contribution >= 0.6 is 12.2 Å². The monoisotopic (exact) mass is 276 g/mol. The average molecular weight is 276 g/mol. The maximum Gasteiger partial charge on any atom is 0.171 e. The third-order valence-corrected chi connectivity index (χ3v) is 2.95. The first-order valence-corrected chi connectivity index (χ1v) is 6.26. The zero-order chi connectivity index (χ0) is 13.7. The van der Waals surface area contributed by atoms with Crippen LogP contribution in [-0.2, 0) is 13.6 Å². The van der Waals surface area contributed by atoms with Crippen LogP contribution in [0, 0.1) is 0 Å². The van der Waals surface area contributed by atoms with E-state index >= 15 is 0 Å². The largest absolute Gasteiger partial charge is 0.495 e. The summed E-state index contributed by atoms with van der Waals surface area (Å²) >= 11 is 5.25. The van der Waals surface area contributed by atoms with E-state index in [4.69, 9.17) is 17.0 Å². The maximum absolute atomic E-state index is 5.25. The summed E-state index contributed by atoms with van der Waals surface area (Å²) in [6.07, 6.45) is 1.76. The fourth-order valence-electron chi connectivity index (χ4n) is 1.66. The Morgan fingerprint density at radius 3 is 2.84 bits per heavy atom. The molecule has 0 spiro atoms. The summed E-state index contributed by atoms with van der Waals surface area (Å²) in [6.45, 7) is 0.623. The number of aryl methyl sites for hydroxylation is 1. The van der Waals surface area contributed by atoms with Gasteiger partial charge in [0.2, 0.25) is 0 Å². The molecule has 0 radical (unpaired) electrons. The van der Waals surface area contributed by atoms with Crippen LogP contribution in [0.2, 0.25) is 0 Å². The van der Waals surface area contributed by atoms with Crippen molar-refractivity contribution in [2.24, 2.45) is 7.05 Å². The van der Waals surface area contributed by atoms with Crippen LogP contribution in [0.4, 0.5) is 5.69 Å². The smallest absolute Gasteiger partial charge is 0.171 e. The molecule has 0 fully saturated rings. The van der Waals surface area contributed by atoms with E-state index in [2.05, 4.69) is 15.7 Å². The van der Waals surface area contributed by atoms with Crippen molar-refractivity contribution in [2.45, 2.75) is 6.54 Å². The van der Waals surface area contributed by atoms with Gasteiger partial charge in [-0.2, -0.15) is 5.10 Å². The molecule has 2 rings (SSSR count). The van der Waals surface area contributed by atoms with Gasteiger partial charge in [-0.05, 0) is 30.4 Å². The van der Waals surface area contributed by atoms with Crippen molar-refractivity contribution >= 4 is 23.0 Å². The Morgan fingerprint density at radius 1 is 1.37 bits per heavy atom. The Bertz CT molecular complexity index is 567. The SMILES string of the molecule is COc1ccccc1NC(=S)NCc1ccnn1C. The minimum Gasteiger partial charge on any atom is -0.495 e. The molecule has 1 heterocycles. The van der Waals surface area contributed by atoms with Crippen molar-refractivity contribution in [3.8, 4) is 5.75 Å². The normalized spacial score (nSPS) is 10.0. The molecule has 0 aliphatic heterocycles. The lowest BCUT2D eigenvalue weighted by molar-refractivity contribution is 0.417. The van der Waals surface area contributed by atoms with Gasteiger partial charge in [0.05, 0.1) is 25.0 Å². The summed E-state index contributed by atoms with van der Waals surface area (Å²) < 4.78 is 7.06. The van der Waals surface area contributed by atoms with E-state index in [9.17, 15) is 0 Å². The first-order valence-electron chi connectivity index (χ1n) is 5.85. The Hall–Kier alpha value is -2.08. The first-order chi connectivity index (χ1) is 9.20. The molecule has 19 heavy (non-hydrogen) atoms. The topological polar surface area (TPSA) is 51.1 Å². The van der Waals surface area contributed by atoms with Gasteiger partial charge in [-0.3, -0.25) is 4.68 Å². The lowest BCUT2D eigenvalue weighted by Gasteiger charge is -2.13. The first kappa shape index (κ1) is 13.4. The van der Waals surface area contributed by atoms with E-state index in [1.165, 1.54) is 0 Å². The molecule has 1 aromatic heterocycles. The van der Waals surface area contributed by atoms with E-state index in [-0.39, 0.29) is 0 Å². The van der Waals surface area contributed by atoms with Gasteiger partial charge in [0.15, 0.2) is 5.11 Å². The molecule has 0 saturated carbocycles. The molecule has 5 nitrogen and oxygen atoms in total. The van der Waals surface area contributed by atoms with Gasteiger partial charge >= 0.3 is 0 Å². The molecule has 0 aliphatic carbocycles. The van der Waals surface area contributed by atoms with Gasteiger partial charge in [0.1, 0.15) is 5.75 Å². The van der Waals surface area contributed by atoms with Gasteiger partial charge < -0.3 is 15.4 Å². The number of rotatable bonds is 4. The van der Waals surface area contributed by atoms with Crippen LogP contribution in [0.1, 0.15) is 5.69 Å². The van der Waals surface area contributed by atoms with Gasteiger partial charge in [0, 0.05) is 13.2 Å². The molecule has 0 amide bonds. The number of nitrogens with one attached hydrogen (secondary N) is 2. The molecule has 0 saturated heterocycles. The number of thiocarbonyl (C=S) groups is 1. The highest BCUT2D eigenvalue weighted by Crippen LogP contribution is 2.22. The number of methoxy groups -OCH3 is 1. The summed E-state index contributed by atoms with van der Waals surface area (Å²) in [7, 11) is 3.53. The highest BCUT2D eigenvalue weighted by Gasteiger charge is 2.04. The van der Waals surface area contributed by atoms with Crippen LogP contribution < -0.4 is 15.4 Å². The molecule has 0 unspecified atom stereocenters. The van der Waals surface area contributed by atoms with Gasteiger partial charge in [0.25, 0.3) is 0 Å². The fraction of sp³-hybridized carbons (Fsp3) is 0.231. The summed E-state index contributed by atoms with van der Waals surface area (Å²) in [5.74, 6) is 0.757.